The monoisotopic (exact) mass is 175 g/mol. The van der Waals surface area contributed by atoms with E-state index in [9.17, 15) is 0 Å². The third-order valence-corrected chi connectivity index (χ3v) is 2.92. The van der Waals surface area contributed by atoms with Gasteiger partial charge in [0.05, 0.1) is 15.8 Å². The van der Waals surface area contributed by atoms with E-state index >= 15 is 0 Å². The van der Waals surface area contributed by atoms with Crippen LogP contribution in [-0.2, 0) is 6.54 Å². The van der Waals surface area contributed by atoms with Crippen LogP contribution < -0.4 is 0 Å². The maximum absolute atomic E-state index is 5.39. The van der Waals surface area contributed by atoms with Gasteiger partial charge in [0, 0.05) is 12.7 Å². The molecule has 0 aliphatic heterocycles. The first-order chi connectivity index (χ1) is 5.86. The number of fused-ring (bicyclic) bond motifs is 1. The number of aryl methyl sites for hydroxylation is 1. The molecular weight excluding hydrogens is 166 g/mol. The van der Waals surface area contributed by atoms with Gasteiger partial charge in [-0.15, -0.1) is 17.8 Å². The van der Waals surface area contributed by atoms with E-state index in [-0.39, 0.29) is 0 Å². The van der Waals surface area contributed by atoms with Crippen LogP contribution in [0.3, 0.4) is 0 Å². The van der Waals surface area contributed by atoms with Crippen LogP contribution in [0.4, 0.5) is 0 Å². The number of nitrogens with zero attached hydrogens (tertiary/aromatic N) is 1. The molecule has 0 saturated heterocycles. The molecule has 0 fully saturated rings. The van der Waals surface area contributed by atoms with Gasteiger partial charge < -0.3 is 4.57 Å². The van der Waals surface area contributed by atoms with Gasteiger partial charge in [0.15, 0.2) is 0 Å². The first-order valence-corrected chi connectivity index (χ1v) is 4.77. The molecule has 0 aliphatic rings. The second-order valence-corrected chi connectivity index (χ2v) is 3.52. The molecule has 0 spiro atoms. The SMILES string of the molecule is C#Cc1cn(CC)c2ccsc12. The summed E-state index contributed by atoms with van der Waals surface area (Å²) in [5.74, 6) is 2.70. The maximum atomic E-state index is 5.39. The molecule has 2 aromatic rings. The lowest BCUT2D eigenvalue weighted by atomic mass is 10.3. The topological polar surface area (TPSA) is 4.93 Å². The van der Waals surface area contributed by atoms with Crippen molar-refractivity contribution in [1.82, 2.24) is 4.57 Å². The Morgan fingerprint density at radius 2 is 2.50 bits per heavy atom. The normalized spacial score (nSPS) is 10.3. The minimum absolute atomic E-state index is 0.981. The predicted octanol–water partition coefficient (Wildman–Crippen LogP) is 2.70. The minimum atomic E-state index is 0.981. The van der Waals surface area contributed by atoms with Crippen LogP contribution in [0.2, 0.25) is 0 Å². The Bertz CT molecular complexity index is 442. The Morgan fingerprint density at radius 1 is 1.67 bits per heavy atom. The average molecular weight is 175 g/mol. The van der Waals surface area contributed by atoms with Gasteiger partial charge in [-0.05, 0) is 18.4 Å². The van der Waals surface area contributed by atoms with E-state index < -0.39 is 0 Å². The molecule has 0 bridgehead atoms. The second-order valence-electron chi connectivity index (χ2n) is 2.61. The van der Waals surface area contributed by atoms with Crippen molar-refractivity contribution in [3.63, 3.8) is 0 Å². The van der Waals surface area contributed by atoms with Gasteiger partial charge in [0.2, 0.25) is 0 Å². The van der Waals surface area contributed by atoms with E-state index in [1.54, 1.807) is 11.3 Å². The van der Waals surface area contributed by atoms with Gasteiger partial charge in [-0.2, -0.15) is 0 Å². The minimum Gasteiger partial charge on any atom is -0.346 e. The molecule has 2 aromatic heterocycles. The van der Waals surface area contributed by atoms with E-state index in [0.717, 1.165) is 12.1 Å². The van der Waals surface area contributed by atoms with Crippen LogP contribution in [0.15, 0.2) is 17.6 Å². The first kappa shape index (κ1) is 7.45. The quantitative estimate of drug-likeness (QED) is 0.587. The zero-order valence-electron chi connectivity index (χ0n) is 6.87. The van der Waals surface area contributed by atoms with E-state index in [0.29, 0.717) is 0 Å². The largest absolute Gasteiger partial charge is 0.346 e. The molecule has 60 valence electrons. The van der Waals surface area contributed by atoms with Crippen molar-refractivity contribution < 1.29 is 0 Å². The summed E-state index contributed by atoms with van der Waals surface area (Å²) in [6, 6.07) is 2.12. The zero-order chi connectivity index (χ0) is 8.55. The fourth-order valence-electron chi connectivity index (χ4n) is 1.38. The summed E-state index contributed by atoms with van der Waals surface area (Å²) >= 11 is 1.71. The summed E-state index contributed by atoms with van der Waals surface area (Å²) in [5, 5.41) is 2.08. The number of terminal acetylenes is 1. The summed E-state index contributed by atoms with van der Waals surface area (Å²) < 4.78 is 3.42. The van der Waals surface area contributed by atoms with Crippen LogP contribution in [0.1, 0.15) is 12.5 Å². The van der Waals surface area contributed by atoms with Crippen LogP contribution in [0, 0.1) is 12.3 Å². The molecular formula is C10H9NS. The second kappa shape index (κ2) is 2.69. The lowest BCUT2D eigenvalue weighted by molar-refractivity contribution is 0.797. The van der Waals surface area contributed by atoms with E-state index in [1.807, 2.05) is 6.20 Å². The molecule has 0 atom stereocenters. The zero-order valence-corrected chi connectivity index (χ0v) is 7.69. The van der Waals surface area contributed by atoms with E-state index in [1.165, 1.54) is 10.2 Å². The Hall–Kier alpha value is -1.20. The number of thiophene rings is 1. The van der Waals surface area contributed by atoms with Gasteiger partial charge in [-0.25, -0.2) is 0 Å². The summed E-state index contributed by atoms with van der Waals surface area (Å²) in [6.45, 7) is 3.10. The van der Waals surface area contributed by atoms with Gasteiger partial charge in [-0.3, -0.25) is 0 Å². The van der Waals surface area contributed by atoms with E-state index in [2.05, 4.69) is 28.9 Å². The lowest BCUT2D eigenvalue weighted by Crippen LogP contribution is -1.88. The molecule has 0 amide bonds. The molecule has 0 aromatic carbocycles. The van der Waals surface area contributed by atoms with Gasteiger partial charge in [-0.1, -0.05) is 5.92 Å². The Morgan fingerprint density at radius 3 is 3.17 bits per heavy atom. The highest BCUT2D eigenvalue weighted by Crippen LogP contribution is 2.26. The Balaban J connectivity index is 2.81. The van der Waals surface area contributed by atoms with Crippen molar-refractivity contribution in [1.29, 1.82) is 0 Å². The van der Waals surface area contributed by atoms with Crippen LogP contribution in [-0.4, -0.2) is 4.57 Å². The molecule has 0 N–H and O–H groups in total. The molecule has 1 nitrogen and oxygen atoms in total. The predicted molar refractivity (Wildman–Crippen MR) is 53.4 cm³/mol. The van der Waals surface area contributed by atoms with E-state index in [4.69, 9.17) is 6.42 Å². The third-order valence-electron chi connectivity index (χ3n) is 1.98. The van der Waals surface area contributed by atoms with Crippen molar-refractivity contribution in [2.24, 2.45) is 0 Å². The maximum Gasteiger partial charge on any atom is 0.0678 e. The van der Waals surface area contributed by atoms with Crippen molar-refractivity contribution in [3.05, 3.63) is 23.2 Å². The van der Waals surface area contributed by atoms with Gasteiger partial charge >= 0.3 is 0 Å². The van der Waals surface area contributed by atoms with Crippen LogP contribution in [0.25, 0.3) is 10.2 Å². The van der Waals surface area contributed by atoms with Crippen molar-refractivity contribution >= 4 is 21.6 Å². The molecule has 2 heterocycles. The number of aromatic nitrogens is 1. The Kier molecular flexibility index (Phi) is 1.67. The molecule has 12 heavy (non-hydrogen) atoms. The summed E-state index contributed by atoms with van der Waals surface area (Å²) in [6.07, 6.45) is 7.43. The molecule has 0 unspecified atom stereocenters. The highest BCUT2D eigenvalue weighted by atomic mass is 32.1. The fourth-order valence-corrected chi connectivity index (χ4v) is 2.26. The number of rotatable bonds is 1. The first-order valence-electron chi connectivity index (χ1n) is 3.89. The van der Waals surface area contributed by atoms with Crippen molar-refractivity contribution in [2.45, 2.75) is 13.5 Å². The van der Waals surface area contributed by atoms with Crippen LogP contribution in [0.5, 0.6) is 0 Å². The summed E-state index contributed by atoms with van der Waals surface area (Å²) in [5.41, 5.74) is 2.28. The third kappa shape index (κ3) is 0.870. The van der Waals surface area contributed by atoms with Gasteiger partial charge in [0.1, 0.15) is 0 Å². The summed E-state index contributed by atoms with van der Waals surface area (Å²) in [7, 11) is 0. The van der Waals surface area contributed by atoms with Crippen molar-refractivity contribution in [2.75, 3.05) is 0 Å². The molecule has 2 rings (SSSR count). The number of hydrogen-bond acceptors (Lipinski definition) is 1. The average Bonchev–Trinajstić information content (AvgIpc) is 2.63. The highest BCUT2D eigenvalue weighted by Gasteiger charge is 2.05. The molecule has 0 aliphatic carbocycles. The fraction of sp³-hybridized carbons (Fsp3) is 0.200. The van der Waals surface area contributed by atoms with Crippen LogP contribution >= 0.6 is 11.3 Å². The standard InChI is InChI=1S/C10H9NS/c1-3-8-7-11(4-2)9-5-6-12-10(8)9/h1,5-7H,4H2,2H3. The van der Waals surface area contributed by atoms with Gasteiger partial charge in [0.25, 0.3) is 0 Å². The van der Waals surface area contributed by atoms with Crippen molar-refractivity contribution in [3.8, 4) is 12.3 Å². The number of hydrogen-bond donors (Lipinski definition) is 0. The smallest absolute Gasteiger partial charge is 0.0678 e. The molecule has 0 radical (unpaired) electrons. The molecule has 2 heteroatoms. The summed E-state index contributed by atoms with van der Waals surface area (Å²) in [4.78, 5) is 0. The molecule has 0 saturated carbocycles. The highest BCUT2D eigenvalue weighted by molar-refractivity contribution is 7.17. The lowest BCUT2D eigenvalue weighted by Gasteiger charge is -1.94. The Labute approximate surface area is 75.6 Å².